The van der Waals surface area contributed by atoms with Gasteiger partial charge in [0.25, 0.3) is 5.91 Å². The zero-order valence-corrected chi connectivity index (χ0v) is 17.1. The smallest absolute Gasteiger partial charge is 0.277 e. The number of rotatable bonds is 6. The molecule has 0 saturated heterocycles. The fourth-order valence-electron chi connectivity index (χ4n) is 2.22. The second-order valence-corrected chi connectivity index (χ2v) is 7.40. The number of amides is 1. The zero-order chi connectivity index (χ0) is 19.3. The highest BCUT2D eigenvalue weighted by Crippen LogP contribution is 2.31. The third-order valence-electron chi connectivity index (χ3n) is 3.65. The van der Waals surface area contributed by atoms with E-state index in [1.165, 1.54) is 12.3 Å². The van der Waals surface area contributed by atoms with Crippen LogP contribution in [0.1, 0.15) is 36.5 Å². The van der Waals surface area contributed by atoms with Crippen molar-refractivity contribution in [1.82, 2.24) is 5.43 Å². The second-order valence-electron chi connectivity index (χ2n) is 6.08. The van der Waals surface area contributed by atoms with Gasteiger partial charge in [0, 0.05) is 15.1 Å². The number of nitrogens with zero attached hydrogens (tertiary/aromatic N) is 1. The van der Waals surface area contributed by atoms with E-state index in [4.69, 9.17) is 16.3 Å². The summed E-state index contributed by atoms with van der Waals surface area (Å²) in [6.07, 6.45) is 1.37. The number of aromatic hydroxyl groups is 1. The normalized spacial score (nSPS) is 11.2. The number of phenols is 1. The van der Waals surface area contributed by atoms with Gasteiger partial charge in [0.05, 0.1) is 6.21 Å². The Morgan fingerprint density at radius 1 is 1.38 bits per heavy atom. The van der Waals surface area contributed by atoms with Crippen LogP contribution in [0.3, 0.4) is 0 Å². The van der Waals surface area contributed by atoms with Gasteiger partial charge in [0.15, 0.2) is 6.61 Å². The number of carbonyl (C=O) groups is 1. The number of hydrogen-bond donors (Lipinski definition) is 2. The number of nitrogens with one attached hydrogen (secondary N) is 1. The molecule has 138 valence electrons. The van der Waals surface area contributed by atoms with Gasteiger partial charge in [0.1, 0.15) is 11.5 Å². The SMILES string of the molecule is Cc1cc(OCC(=O)NN=Cc2cc(Br)ccc2O)c(C(C)C)cc1Cl. The van der Waals surface area contributed by atoms with E-state index in [9.17, 15) is 9.90 Å². The highest BCUT2D eigenvalue weighted by Gasteiger charge is 2.12. The van der Waals surface area contributed by atoms with E-state index >= 15 is 0 Å². The number of hydrogen-bond acceptors (Lipinski definition) is 4. The summed E-state index contributed by atoms with van der Waals surface area (Å²) < 4.78 is 6.44. The van der Waals surface area contributed by atoms with Crippen molar-refractivity contribution in [2.24, 2.45) is 5.10 Å². The predicted octanol–water partition coefficient (Wildman–Crippen LogP) is 4.77. The molecular weight excluding hydrogens is 420 g/mol. The molecule has 0 saturated carbocycles. The number of halogens is 2. The Kier molecular flexibility index (Phi) is 7.06. The van der Waals surface area contributed by atoms with Crippen molar-refractivity contribution in [1.29, 1.82) is 0 Å². The molecule has 0 radical (unpaired) electrons. The summed E-state index contributed by atoms with van der Waals surface area (Å²) in [4.78, 5) is 11.9. The Morgan fingerprint density at radius 2 is 2.12 bits per heavy atom. The molecule has 0 fully saturated rings. The van der Waals surface area contributed by atoms with Crippen LogP contribution < -0.4 is 10.2 Å². The van der Waals surface area contributed by atoms with Gasteiger partial charge in [-0.05, 0) is 54.3 Å². The standard InChI is InChI=1S/C19H20BrClN2O3/c1-11(2)15-8-16(21)12(3)6-18(15)26-10-19(25)23-22-9-13-7-14(20)4-5-17(13)24/h4-9,11,24H,10H2,1-3H3,(H,23,25). The molecule has 0 heterocycles. The second kappa shape index (κ2) is 9.05. The molecule has 0 aliphatic heterocycles. The summed E-state index contributed by atoms with van der Waals surface area (Å²) in [6, 6.07) is 8.62. The summed E-state index contributed by atoms with van der Waals surface area (Å²) in [5, 5.41) is 14.2. The Hall–Kier alpha value is -2.05. The molecule has 2 rings (SSSR count). The monoisotopic (exact) mass is 438 g/mol. The molecule has 5 nitrogen and oxygen atoms in total. The fourth-order valence-corrected chi connectivity index (χ4v) is 2.78. The van der Waals surface area contributed by atoms with E-state index in [0.717, 1.165) is 15.6 Å². The summed E-state index contributed by atoms with van der Waals surface area (Å²) in [5.41, 5.74) is 4.68. The largest absolute Gasteiger partial charge is 0.507 e. The molecular formula is C19H20BrClN2O3. The summed E-state index contributed by atoms with van der Waals surface area (Å²) >= 11 is 9.47. The van der Waals surface area contributed by atoms with Crippen molar-refractivity contribution in [3.05, 3.63) is 56.5 Å². The van der Waals surface area contributed by atoms with E-state index < -0.39 is 5.91 Å². The first-order valence-electron chi connectivity index (χ1n) is 8.01. The molecule has 0 atom stereocenters. The minimum atomic E-state index is -0.405. The van der Waals surface area contributed by atoms with E-state index in [0.29, 0.717) is 16.3 Å². The van der Waals surface area contributed by atoms with Crippen molar-refractivity contribution in [3.8, 4) is 11.5 Å². The molecule has 0 aliphatic rings. The van der Waals surface area contributed by atoms with E-state index in [-0.39, 0.29) is 18.3 Å². The van der Waals surface area contributed by atoms with Crippen LogP contribution in [-0.4, -0.2) is 23.8 Å². The Morgan fingerprint density at radius 3 is 2.81 bits per heavy atom. The van der Waals surface area contributed by atoms with E-state index in [2.05, 4.69) is 26.5 Å². The van der Waals surface area contributed by atoms with Crippen LogP contribution in [0.4, 0.5) is 0 Å². The lowest BCUT2D eigenvalue weighted by molar-refractivity contribution is -0.123. The van der Waals surface area contributed by atoms with E-state index in [1.807, 2.05) is 32.9 Å². The average molecular weight is 440 g/mol. The average Bonchev–Trinajstić information content (AvgIpc) is 2.58. The first-order valence-corrected chi connectivity index (χ1v) is 9.18. The van der Waals surface area contributed by atoms with Gasteiger partial charge >= 0.3 is 0 Å². The topological polar surface area (TPSA) is 70.9 Å². The van der Waals surface area contributed by atoms with Gasteiger partial charge in [-0.2, -0.15) is 5.10 Å². The van der Waals surface area contributed by atoms with Gasteiger partial charge in [-0.3, -0.25) is 4.79 Å². The number of phenolic OH excluding ortho intramolecular Hbond substituents is 1. The third kappa shape index (κ3) is 5.47. The van der Waals surface area contributed by atoms with Gasteiger partial charge in [-0.15, -0.1) is 0 Å². The lowest BCUT2D eigenvalue weighted by Crippen LogP contribution is -2.25. The summed E-state index contributed by atoms with van der Waals surface area (Å²) in [5.74, 6) is 0.507. The molecule has 2 aromatic carbocycles. The van der Waals surface area contributed by atoms with Crippen LogP contribution in [0.25, 0.3) is 0 Å². The number of hydrazone groups is 1. The fraction of sp³-hybridized carbons (Fsp3) is 0.263. The Bertz CT molecular complexity index is 838. The first-order chi connectivity index (χ1) is 12.3. The predicted molar refractivity (Wildman–Crippen MR) is 107 cm³/mol. The molecule has 2 aromatic rings. The van der Waals surface area contributed by atoms with Gasteiger partial charge in [0.2, 0.25) is 0 Å². The van der Waals surface area contributed by atoms with Gasteiger partial charge < -0.3 is 9.84 Å². The first kappa shape index (κ1) is 20.3. The lowest BCUT2D eigenvalue weighted by Gasteiger charge is -2.15. The number of carbonyl (C=O) groups excluding carboxylic acids is 1. The number of benzene rings is 2. The molecule has 0 aliphatic carbocycles. The molecule has 7 heteroatoms. The molecule has 0 bridgehead atoms. The highest BCUT2D eigenvalue weighted by molar-refractivity contribution is 9.10. The molecule has 2 N–H and O–H groups in total. The van der Waals surface area contributed by atoms with Crippen molar-refractivity contribution in [3.63, 3.8) is 0 Å². The summed E-state index contributed by atoms with van der Waals surface area (Å²) in [6.45, 7) is 5.77. The maximum absolute atomic E-state index is 11.9. The Labute approximate surface area is 166 Å². The quantitative estimate of drug-likeness (QED) is 0.503. The third-order valence-corrected chi connectivity index (χ3v) is 4.55. The molecule has 0 spiro atoms. The molecule has 0 aromatic heterocycles. The lowest BCUT2D eigenvalue weighted by atomic mass is 10.0. The van der Waals surface area contributed by atoms with Crippen LogP contribution in [0.15, 0.2) is 39.9 Å². The molecule has 0 unspecified atom stereocenters. The van der Waals surface area contributed by atoms with Crippen LogP contribution in [-0.2, 0) is 4.79 Å². The van der Waals surface area contributed by atoms with Crippen molar-refractivity contribution in [2.45, 2.75) is 26.7 Å². The van der Waals surface area contributed by atoms with Crippen LogP contribution >= 0.6 is 27.5 Å². The minimum Gasteiger partial charge on any atom is -0.507 e. The summed E-state index contributed by atoms with van der Waals surface area (Å²) in [7, 11) is 0. The molecule has 1 amide bonds. The van der Waals surface area contributed by atoms with Crippen molar-refractivity contribution in [2.75, 3.05) is 6.61 Å². The van der Waals surface area contributed by atoms with Gasteiger partial charge in [-0.1, -0.05) is 41.4 Å². The Balaban J connectivity index is 1.98. The minimum absolute atomic E-state index is 0.0701. The number of ether oxygens (including phenoxy) is 1. The zero-order valence-electron chi connectivity index (χ0n) is 14.7. The highest BCUT2D eigenvalue weighted by atomic mass is 79.9. The van der Waals surface area contributed by atoms with E-state index in [1.54, 1.807) is 12.1 Å². The maximum atomic E-state index is 11.9. The van der Waals surface area contributed by atoms with Crippen molar-refractivity contribution < 1.29 is 14.6 Å². The van der Waals surface area contributed by atoms with Crippen LogP contribution in [0.5, 0.6) is 11.5 Å². The van der Waals surface area contributed by atoms with Crippen molar-refractivity contribution >= 4 is 39.7 Å². The van der Waals surface area contributed by atoms with Gasteiger partial charge in [-0.25, -0.2) is 5.43 Å². The molecule has 26 heavy (non-hydrogen) atoms. The maximum Gasteiger partial charge on any atom is 0.277 e. The number of aryl methyl sites for hydroxylation is 1. The van der Waals surface area contributed by atoms with Crippen LogP contribution in [0.2, 0.25) is 5.02 Å². The van der Waals surface area contributed by atoms with Crippen LogP contribution in [0, 0.1) is 6.92 Å².